The Morgan fingerprint density at radius 3 is 2.54 bits per heavy atom. The van der Waals surface area contributed by atoms with Crippen molar-refractivity contribution in [2.75, 3.05) is 26.2 Å². The number of halogens is 2. The zero-order valence-corrected chi connectivity index (χ0v) is 14.6. The summed E-state index contributed by atoms with van der Waals surface area (Å²) in [4.78, 5) is 20.7. The first-order chi connectivity index (χ1) is 12.5. The minimum absolute atomic E-state index is 0.0529. The summed E-state index contributed by atoms with van der Waals surface area (Å²) >= 11 is 0. The van der Waals surface area contributed by atoms with Crippen LogP contribution in [0.3, 0.4) is 0 Å². The third-order valence-corrected chi connectivity index (χ3v) is 4.38. The van der Waals surface area contributed by atoms with Crippen molar-refractivity contribution in [3.05, 3.63) is 41.5 Å². The van der Waals surface area contributed by atoms with E-state index in [0.717, 1.165) is 0 Å². The maximum atomic E-state index is 12.7. The van der Waals surface area contributed by atoms with E-state index in [4.69, 9.17) is 4.52 Å². The highest BCUT2D eigenvalue weighted by atomic mass is 19.3. The average Bonchev–Trinajstić information content (AvgIpc) is 3.07. The van der Waals surface area contributed by atoms with Gasteiger partial charge >= 0.3 is 6.61 Å². The summed E-state index contributed by atoms with van der Waals surface area (Å²) in [7, 11) is 0. The molecule has 9 heteroatoms. The van der Waals surface area contributed by atoms with Gasteiger partial charge in [-0.05, 0) is 26.0 Å². The van der Waals surface area contributed by atoms with Crippen LogP contribution in [0.25, 0.3) is 0 Å². The van der Waals surface area contributed by atoms with E-state index in [1.54, 1.807) is 24.0 Å². The SMILES string of the molecule is Cc1noc(C(C)N2CCN(C(=O)c3ccccc3OC(F)F)CC2)n1. The first kappa shape index (κ1) is 18.2. The van der Waals surface area contributed by atoms with Crippen LogP contribution < -0.4 is 4.74 Å². The Morgan fingerprint density at radius 1 is 1.23 bits per heavy atom. The van der Waals surface area contributed by atoms with Gasteiger partial charge in [-0.2, -0.15) is 13.8 Å². The van der Waals surface area contributed by atoms with Gasteiger partial charge in [0.15, 0.2) is 5.82 Å². The molecule has 0 N–H and O–H groups in total. The van der Waals surface area contributed by atoms with Gasteiger partial charge < -0.3 is 14.2 Å². The number of alkyl halides is 2. The van der Waals surface area contributed by atoms with Gasteiger partial charge in [-0.1, -0.05) is 17.3 Å². The normalized spacial score (nSPS) is 16.7. The Balaban J connectivity index is 1.64. The Labute approximate surface area is 149 Å². The third kappa shape index (κ3) is 3.98. The number of para-hydroxylation sites is 1. The maximum Gasteiger partial charge on any atom is 0.387 e. The molecule has 2 aromatic rings. The number of aromatic nitrogens is 2. The predicted octanol–water partition coefficient (Wildman–Crippen LogP) is 2.50. The topological polar surface area (TPSA) is 71.7 Å². The molecule has 1 aliphatic rings. The van der Waals surface area contributed by atoms with E-state index in [1.165, 1.54) is 12.1 Å². The molecule has 7 nitrogen and oxygen atoms in total. The molecule has 0 bridgehead atoms. The molecule has 0 spiro atoms. The van der Waals surface area contributed by atoms with Crippen LogP contribution in [0.5, 0.6) is 5.75 Å². The number of hydrogen-bond acceptors (Lipinski definition) is 6. The third-order valence-electron chi connectivity index (χ3n) is 4.38. The highest BCUT2D eigenvalue weighted by molar-refractivity contribution is 5.97. The summed E-state index contributed by atoms with van der Waals surface area (Å²) in [5, 5.41) is 3.80. The van der Waals surface area contributed by atoms with Gasteiger partial charge in [0.05, 0.1) is 11.6 Å². The minimum atomic E-state index is -2.97. The van der Waals surface area contributed by atoms with Crippen molar-refractivity contribution in [2.24, 2.45) is 0 Å². The van der Waals surface area contributed by atoms with Gasteiger partial charge in [0.2, 0.25) is 5.89 Å². The molecule has 3 rings (SSSR count). The first-order valence-electron chi connectivity index (χ1n) is 8.33. The molecule has 1 fully saturated rings. The van der Waals surface area contributed by atoms with Crippen molar-refractivity contribution in [2.45, 2.75) is 26.5 Å². The molecular formula is C17H20F2N4O3. The number of carbonyl (C=O) groups excluding carboxylic acids is 1. The van der Waals surface area contributed by atoms with Gasteiger partial charge in [-0.15, -0.1) is 0 Å². The summed E-state index contributed by atoms with van der Waals surface area (Å²) in [6.45, 7) is 2.93. The van der Waals surface area contributed by atoms with Gasteiger partial charge in [-0.3, -0.25) is 9.69 Å². The molecule has 1 atom stereocenters. The number of amides is 1. The molecule has 26 heavy (non-hydrogen) atoms. The molecule has 1 amide bonds. The zero-order valence-electron chi connectivity index (χ0n) is 14.6. The monoisotopic (exact) mass is 366 g/mol. The highest BCUT2D eigenvalue weighted by Crippen LogP contribution is 2.24. The molecule has 1 aromatic heterocycles. The zero-order chi connectivity index (χ0) is 18.7. The van der Waals surface area contributed by atoms with Crippen LogP contribution in [0, 0.1) is 6.92 Å². The largest absolute Gasteiger partial charge is 0.434 e. The molecule has 1 aromatic carbocycles. The summed E-state index contributed by atoms with van der Waals surface area (Å²) in [5.41, 5.74) is 0.141. The lowest BCUT2D eigenvalue weighted by Gasteiger charge is -2.37. The summed E-state index contributed by atoms with van der Waals surface area (Å²) in [6, 6.07) is 6.00. The Bertz CT molecular complexity index is 760. The molecular weight excluding hydrogens is 346 g/mol. The van der Waals surface area contributed by atoms with E-state index in [9.17, 15) is 13.6 Å². The van der Waals surface area contributed by atoms with Gasteiger partial charge in [-0.25, -0.2) is 0 Å². The second-order valence-electron chi connectivity index (χ2n) is 6.06. The fourth-order valence-electron chi connectivity index (χ4n) is 2.96. The van der Waals surface area contributed by atoms with Crippen LogP contribution in [-0.4, -0.2) is 58.6 Å². The van der Waals surface area contributed by atoms with Crippen LogP contribution in [0.15, 0.2) is 28.8 Å². The van der Waals surface area contributed by atoms with E-state index in [0.29, 0.717) is 37.9 Å². The molecule has 1 saturated heterocycles. The molecule has 0 radical (unpaired) electrons. The Morgan fingerprint density at radius 2 is 1.92 bits per heavy atom. The number of aryl methyl sites for hydroxylation is 1. The number of carbonyl (C=O) groups is 1. The lowest BCUT2D eigenvalue weighted by atomic mass is 10.1. The predicted molar refractivity (Wildman–Crippen MR) is 88.0 cm³/mol. The summed E-state index contributed by atoms with van der Waals surface area (Å²) < 4.78 is 34.7. The standard InChI is InChI=1S/C17H20F2N4O3/c1-11(15-20-12(2)21-26-15)22-7-9-23(10-8-22)16(24)13-5-3-4-6-14(13)25-17(18)19/h3-6,11,17H,7-10H2,1-2H3. The molecule has 1 aliphatic heterocycles. The number of hydrogen-bond donors (Lipinski definition) is 0. The Hall–Kier alpha value is -2.55. The van der Waals surface area contributed by atoms with Crippen molar-refractivity contribution < 1.29 is 22.8 Å². The molecule has 0 aliphatic carbocycles. The fraction of sp³-hybridized carbons (Fsp3) is 0.471. The number of piperazine rings is 1. The van der Waals surface area contributed by atoms with E-state index in [2.05, 4.69) is 19.8 Å². The second-order valence-corrected chi connectivity index (χ2v) is 6.06. The van der Waals surface area contributed by atoms with Gasteiger partial charge in [0.1, 0.15) is 5.75 Å². The molecule has 1 unspecified atom stereocenters. The van der Waals surface area contributed by atoms with Gasteiger partial charge in [0.25, 0.3) is 5.91 Å². The maximum absolute atomic E-state index is 12.7. The molecule has 2 heterocycles. The lowest BCUT2D eigenvalue weighted by Crippen LogP contribution is -2.49. The highest BCUT2D eigenvalue weighted by Gasteiger charge is 2.29. The second kappa shape index (κ2) is 7.77. The van der Waals surface area contributed by atoms with Gasteiger partial charge in [0, 0.05) is 26.2 Å². The molecule has 140 valence electrons. The van der Waals surface area contributed by atoms with Crippen LogP contribution in [-0.2, 0) is 0 Å². The number of benzene rings is 1. The van der Waals surface area contributed by atoms with E-state index < -0.39 is 6.61 Å². The van der Waals surface area contributed by atoms with E-state index >= 15 is 0 Å². The minimum Gasteiger partial charge on any atom is -0.434 e. The van der Waals surface area contributed by atoms with Crippen LogP contribution in [0.2, 0.25) is 0 Å². The smallest absolute Gasteiger partial charge is 0.387 e. The van der Waals surface area contributed by atoms with Crippen molar-refractivity contribution in [3.63, 3.8) is 0 Å². The molecule has 0 saturated carbocycles. The Kier molecular flexibility index (Phi) is 5.46. The van der Waals surface area contributed by atoms with Crippen molar-refractivity contribution in [1.82, 2.24) is 19.9 Å². The van der Waals surface area contributed by atoms with E-state index in [-0.39, 0.29) is 23.3 Å². The fourth-order valence-corrected chi connectivity index (χ4v) is 2.96. The number of ether oxygens (including phenoxy) is 1. The lowest BCUT2D eigenvalue weighted by molar-refractivity contribution is -0.0503. The van der Waals surface area contributed by atoms with E-state index in [1.807, 2.05) is 6.92 Å². The van der Waals surface area contributed by atoms with Crippen molar-refractivity contribution in [1.29, 1.82) is 0 Å². The average molecular weight is 366 g/mol. The van der Waals surface area contributed by atoms with Crippen LogP contribution >= 0.6 is 0 Å². The number of rotatable bonds is 5. The van der Waals surface area contributed by atoms with Crippen LogP contribution in [0.1, 0.15) is 35.0 Å². The van der Waals surface area contributed by atoms with Crippen LogP contribution in [0.4, 0.5) is 8.78 Å². The van der Waals surface area contributed by atoms with Crippen molar-refractivity contribution in [3.8, 4) is 5.75 Å². The quantitative estimate of drug-likeness (QED) is 0.810. The summed E-state index contributed by atoms with van der Waals surface area (Å²) in [5.74, 6) is 0.695. The van der Waals surface area contributed by atoms with Crippen molar-refractivity contribution >= 4 is 5.91 Å². The first-order valence-corrected chi connectivity index (χ1v) is 8.33. The summed E-state index contributed by atoms with van der Waals surface area (Å²) in [6.07, 6.45) is 0. The number of nitrogens with zero attached hydrogens (tertiary/aromatic N) is 4.